The first kappa shape index (κ1) is 10.3. The fraction of sp³-hybridized carbons (Fsp3) is 1.00. The number of hydrogen-bond acceptors (Lipinski definition) is 2. The first-order chi connectivity index (χ1) is 4.56. The van der Waals surface area contributed by atoms with Crippen LogP contribution >= 0.6 is 0 Å². The Bertz CT molecular complexity index is 93.3. The van der Waals surface area contributed by atoms with Crippen LogP contribution < -0.4 is 5.73 Å². The van der Waals surface area contributed by atoms with Gasteiger partial charge < -0.3 is 18.4 Å². The van der Waals surface area contributed by atoms with Gasteiger partial charge in [-0.3, -0.25) is 0 Å². The third kappa shape index (κ3) is 2.51. The van der Waals surface area contributed by atoms with Crippen LogP contribution in [-0.4, -0.2) is 12.3 Å². The predicted molar refractivity (Wildman–Crippen MR) is 48.8 cm³/mol. The van der Waals surface area contributed by atoms with Crippen molar-refractivity contribution in [3.05, 3.63) is 0 Å². The van der Waals surface area contributed by atoms with Crippen LogP contribution in [0.2, 0.25) is 0 Å². The molecule has 62 valence electrons. The van der Waals surface area contributed by atoms with Crippen molar-refractivity contribution in [2.24, 2.45) is 17.1 Å². The molecule has 2 N–H and O–H groups in total. The highest BCUT2D eigenvalue weighted by atomic mass is 32.1. The quantitative estimate of drug-likeness (QED) is 0.631. The van der Waals surface area contributed by atoms with Gasteiger partial charge in [0, 0.05) is 0 Å². The third-order valence-electron chi connectivity index (χ3n) is 2.53. The molecule has 0 aliphatic heterocycles. The van der Waals surface area contributed by atoms with Crippen LogP contribution in [-0.2, 0) is 12.6 Å². The molecule has 0 amide bonds. The Labute approximate surface area is 69.8 Å². The van der Waals surface area contributed by atoms with E-state index in [-0.39, 0.29) is 5.41 Å². The summed E-state index contributed by atoms with van der Waals surface area (Å²) in [5.74, 6) is 1.46. The highest BCUT2D eigenvalue weighted by Gasteiger charge is 2.23. The minimum absolute atomic E-state index is 0.266. The smallest absolute Gasteiger partial charge is 0.00214 e. The molecule has 0 saturated carbocycles. The highest BCUT2D eigenvalue weighted by Crippen LogP contribution is 2.28. The molecule has 0 aliphatic rings. The second kappa shape index (κ2) is 4.24. The van der Waals surface area contributed by atoms with Crippen molar-refractivity contribution < 1.29 is 0 Å². The van der Waals surface area contributed by atoms with Crippen molar-refractivity contribution >= 4 is 12.6 Å². The van der Waals surface area contributed by atoms with E-state index in [4.69, 9.17) is 18.4 Å². The SMILES string of the molecule is CC(C)C(C)(CN)CC[S-]. The van der Waals surface area contributed by atoms with Crippen molar-refractivity contribution in [2.45, 2.75) is 27.2 Å². The van der Waals surface area contributed by atoms with Gasteiger partial charge in [0.2, 0.25) is 0 Å². The van der Waals surface area contributed by atoms with Crippen molar-refractivity contribution in [3.8, 4) is 0 Å². The standard InChI is InChI=1S/C8H19NS/c1-7(2)8(3,6-9)4-5-10/h7,10H,4-6,9H2,1-3H3/p-1. The lowest BCUT2D eigenvalue weighted by Crippen LogP contribution is -2.33. The minimum Gasteiger partial charge on any atom is -0.793 e. The average molecular weight is 160 g/mol. The topological polar surface area (TPSA) is 26.0 Å². The van der Waals surface area contributed by atoms with E-state index in [1.54, 1.807) is 0 Å². The summed E-state index contributed by atoms with van der Waals surface area (Å²) in [6, 6.07) is 0. The number of hydrogen-bond donors (Lipinski definition) is 1. The van der Waals surface area contributed by atoms with E-state index in [1.165, 1.54) is 0 Å². The number of rotatable bonds is 4. The fourth-order valence-electron chi connectivity index (χ4n) is 0.860. The minimum atomic E-state index is 0.266. The lowest BCUT2D eigenvalue weighted by Gasteiger charge is -2.33. The van der Waals surface area contributed by atoms with Crippen LogP contribution in [0.15, 0.2) is 0 Å². The van der Waals surface area contributed by atoms with E-state index >= 15 is 0 Å². The van der Waals surface area contributed by atoms with Gasteiger partial charge in [-0.15, -0.1) is 0 Å². The van der Waals surface area contributed by atoms with Gasteiger partial charge in [-0.25, -0.2) is 0 Å². The van der Waals surface area contributed by atoms with Gasteiger partial charge in [-0.05, 0) is 17.9 Å². The van der Waals surface area contributed by atoms with E-state index in [0.717, 1.165) is 18.7 Å². The maximum atomic E-state index is 5.65. The van der Waals surface area contributed by atoms with E-state index in [2.05, 4.69) is 20.8 Å². The molecule has 0 aromatic carbocycles. The van der Waals surface area contributed by atoms with Gasteiger partial charge in [0.05, 0.1) is 0 Å². The highest BCUT2D eigenvalue weighted by molar-refractivity contribution is 7.58. The largest absolute Gasteiger partial charge is 0.793 e. The molecule has 0 aliphatic carbocycles. The van der Waals surface area contributed by atoms with E-state index in [1.807, 2.05) is 0 Å². The molecule has 0 bridgehead atoms. The second-order valence-electron chi connectivity index (χ2n) is 3.47. The molecule has 0 radical (unpaired) electrons. The summed E-state index contributed by atoms with van der Waals surface area (Å²) in [7, 11) is 0. The summed E-state index contributed by atoms with van der Waals surface area (Å²) in [6.07, 6.45) is 1.07. The number of nitrogens with two attached hydrogens (primary N) is 1. The summed E-state index contributed by atoms with van der Waals surface area (Å²) >= 11 is 4.93. The normalized spacial score (nSPS) is 17.4. The molecule has 0 spiro atoms. The van der Waals surface area contributed by atoms with Crippen molar-refractivity contribution in [3.63, 3.8) is 0 Å². The van der Waals surface area contributed by atoms with Gasteiger partial charge in [0.25, 0.3) is 0 Å². The lowest BCUT2D eigenvalue weighted by atomic mass is 9.77. The van der Waals surface area contributed by atoms with Crippen molar-refractivity contribution in [2.75, 3.05) is 12.3 Å². The lowest BCUT2D eigenvalue weighted by molar-refractivity contribution is 0.222. The molecule has 0 rings (SSSR count). The molecule has 0 aromatic heterocycles. The molecule has 0 heterocycles. The first-order valence-corrected chi connectivity index (χ1v) is 4.42. The van der Waals surface area contributed by atoms with E-state index in [9.17, 15) is 0 Å². The van der Waals surface area contributed by atoms with Crippen molar-refractivity contribution in [1.82, 2.24) is 0 Å². The molecule has 1 unspecified atom stereocenters. The summed E-state index contributed by atoms with van der Waals surface area (Å²) in [5.41, 5.74) is 5.91. The van der Waals surface area contributed by atoms with Gasteiger partial charge in [-0.1, -0.05) is 27.2 Å². The molecule has 1 nitrogen and oxygen atoms in total. The predicted octanol–water partition coefficient (Wildman–Crippen LogP) is 1.54. The summed E-state index contributed by atoms with van der Waals surface area (Å²) in [4.78, 5) is 0. The zero-order valence-corrected chi connectivity index (χ0v) is 8.00. The van der Waals surface area contributed by atoms with Crippen molar-refractivity contribution in [1.29, 1.82) is 0 Å². The Morgan fingerprint density at radius 1 is 1.50 bits per heavy atom. The van der Waals surface area contributed by atoms with Gasteiger partial charge >= 0.3 is 0 Å². The average Bonchev–Trinajstić information content (AvgIpc) is 1.88. The summed E-state index contributed by atoms with van der Waals surface area (Å²) in [6.45, 7) is 7.38. The van der Waals surface area contributed by atoms with Gasteiger partial charge in [-0.2, -0.15) is 5.75 Å². The van der Waals surface area contributed by atoms with Crippen LogP contribution in [0.25, 0.3) is 0 Å². The van der Waals surface area contributed by atoms with Crippen LogP contribution in [0, 0.1) is 11.3 Å². The molecule has 0 fully saturated rings. The van der Waals surface area contributed by atoms with Gasteiger partial charge in [0.1, 0.15) is 0 Å². The maximum Gasteiger partial charge on any atom is -0.00214 e. The second-order valence-corrected chi connectivity index (χ2v) is 3.88. The Morgan fingerprint density at radius 3 is 2.10 bits per heavy atom. The Hall–Kier alpha value is 0.310. The Morgan fingerprint density at radius 2 is 2.00 bits per heavy atom. The summed E-state index contributed by atoms with van der Waals surface area (Å²) < 4.78 is 0. The van der Waals surface area contributed by atoms with Crippen LogP contribution in [0.4, 0.5) is 0 Å². The molecular weight excluding hydrogens is 142 g/mol. The van der Waals surface area contributed by atoms with Gasteiger partial charge in [0.15, 0.2) is 0 Å². The van der Waals surface area contributed by atoms with E-state index in [0.29, 0.717) is 5.92 Å². The Kier molecular flexibility index (Phi) is 4.37. The Balaban J connectivity index is 3.94. The third-order valence-corrected chi connectivity index (χ3v) is 2.74. The van der Waals surface area contributed by atoms with Crippen LogP contribution in [0.3, 0.4) is 0 Å². The maximum absolute atomic E-state index is 5.65. The molecule has 10 heavy (non-hydrogen) atoms. The van der Waals surface area contributed by atoms with Crippen LogP contribution in [0.5, 0.6) is 0 Å². The molecular formula is C8H18NS-. The molecule has 0 saturated heterocycles. The molecule has 2 heteroatoms. The molecule has 0 aromatic rings. The first-order valence-electron chi connectivity index (χ1n) is 3.85. The summed E-state index contributed by atoms with van der Waals surface area (Å²) in [5, 5.41) is 0. The monoisotopic (exact) mass is 160 g/mol. The zero-order chi connectivity index (χ0) is 8.20. The fourth-order valence-corrected chi connectivity index (χ4v) is 1.33. The van der Waals surface area contributed by atoms with Crippen LogP contribution in [0.1, 0.15) is 27.2 Å². The molecule has 1 atom stereocenters. The zero-order valence-electron chi connectivity index (χ0n) is 7.18. The van der Waals surface area contributed by atoms with E-state index < -0.39 is 0 Å².